The van der Waals surface area contributed by atoms with E-state index in [-0.39, 0.29) is 18.5 Å². The molecule has 3 amide bonds. The molecule has 1 aromatic heterocycles. The molecule has 0 bridgehead atoms. The molecule has 3 N–H and O–H groups in total. The quantitative estimate of drug-likeness (QED) is 0.730. The van der Waals surface area contributed by atoms with Gasteiger partial charge in [-0.25, -0.2) is 4.79 Å². The highest BCUT2D eigenvalue weighted by molar-refractivity contribution is 6.01. The van der Waals surface area contributed by atoms with Crippen molar-refractivity contribution < 1.29 is 9.59 Å². The van der Waals surface area contributed by atoms with Crippen molar-refractivity contribution in [2.24, 2.45) is 5.92 Å². The van der Waals surface area contributed by atoms with Gasteiger partial charge in [-0.3, -0.25) is 10.1 Å². The average Bonchev–Trinajstić information content (AvgIpc) is 3.12. The Balaban J connectivity index is 1.41. The van der Waals surface area contributed by atoms with E-state index in [9.17, 15) is 9.59 Å². The van der Waals surface area contributed by atoms with Crippen LogP contribution < -0.4 is 10.6 Å². The molecule has 3 heterocycles. The molecule has 0 unspecified atom stereocenters. The molecule has 2 fully saturated rings. The van der Waals surface area contributed by atoms with Crippen molar-refractivity contribution in [3.8, 4) is 0 Å². The summed E-state index contributed by atoms with van der Waals surface area (Å²) in [5.41, 5.74) is 4.03. The third kappa shape index (κ3) is 2.06. The molecule has 3 aliphatic rings. The third-order valence-corrected chi connectivity index (χ3v) is 5.75. The van der Waals surface area contributed by atoms with E-state index in [4.69, 9.17) is 0 Å². The first-order chi connectivity index (χ1) is 11.7. The minimum Gasteiger partial charge on any atom is -0.361 e. The second-order valence-corrected chi connectivity index (χ2v) is 7.24. The van der Waals surface area contributed by atoms with Crippen molar-refractivity contribution in [2.75, 3.05) is 19.6 Å². The fraction of sp³-hybridized carbons (Fsp3) is 0.444. The van der Waals surface area contributed by atoms with Gasteiger partial charge >= 0.3 is 6.03 Å². The molecule has 2 saturated heterocycles. The molecule has 0 radical (unpaired) electrons. The smallest absolute Gasteiger partial charge is 0.324 e. The van der Waals surface area contributed by atoms with Gasteiger partial charge in [-0.2, -0.15) is 0 Å². The van der Waals surface area contributed by atoms with E-state index < -0.39 is 0 Å². The van der Waals surface area contributed by atoms with Crippen molar-refractivity contribution in [2.45, 2.75) is 24.8 Å². The van der Waals surface area contributed by atoms with Gasteiger partial charge in [-0.05, 0) is 42.5 Å². The van der Waals surface area contributed by atoms with Crippen LogP contribution >= 0.6 is 0 Å². The summed E-state index contributed by atoms with van der Waals surface area (Å²) >= 11 is 0. The first-order valence-electron chi connectivity index (χ1n) is 8.60. The number of piperidine rings is 1. The number of aromatic nitrogens is 1. The normalized spacial score (nSPS) is 29.0. The maximum Gasteiger partial charge on any atom is 0.324 e. The van der Waals surface area contributed by atoms with Gasteiger partial charge in [0.1, 0.15) is 6.54 Å². The van der Waals surface area contributed by atoms with E-state index >= 15 is 0 Å². The van der Waals surface area contributed by atoms with E-state index in [1.165, 1.54) is 22.0 Å². The summed E-state index contributed by atoms with van der Waals surface area (Å²) in [5.74, 6) is 0.650. The second kappa shape index (κ2) is 5.08. The molecule has 1 aliphatic carbocycles. The summed E-state index contributed by atoms with van der Waals surface area (Å²) in [6.45, 7) is 1.74. The molecule has 5 rings (SSSR count). The Morgan fingerprint density at radius 2 is 2.17 bits per heavy atom. The number of aromatic amines is 1. The molecule has 0 saturated carbocycles. The number of carbonyl (C=O) groups is 2. The third-order valence-electron chi connectivity index (χ3n) is 5.75. The lowest BCUT2D eigenvalue weighted by atomic mass is 9.73. The molecular weight excluding hydrogens is 304 g/mol. The predicted octanol–water partition coefficient (Wildman–Crippen LogP) is 1.34. The van der Waals surface area contributed by atoms with Gasteiger partial charge < -0.3 is 15.2 Å². The van der Waals surface area contributed by atoms with Crippen LogP contribution in [0.2, 0.25) is 0 Å². The van der Waals surface area contributed by atoms with Crippen molar-refractivity contribution in [3.63, 3.8) is 0 Å². The molecule has 0 spiro atoms. The molecular formula is C18H20N4O2. The van der Waals surface area contributed by atoms with E-state index in [1.54, 1.807) is 4.90 Å². The summed E-state index contributed by atoms with van der Waals surface area (Å²) in [6, 6.07) is 6.71. The molecule has 124 valence electrons. The fourth-order valence-corrected chi connectivity index (χ4v) is 4.70. The fourth-order valence-electron chi connectivity index (χ4n) is 4.70. The first kappa shape index (κ1) is 14.0. The van der Waals surface area contributed by atoms with Crippen LogP contribution in [-0.2, 0) is 11.2 Å². The molecule has 6 heteroatoms. The van der Waals surface area contributed by atoms with Crippen molar-refractivity contribution in [3.05, 3.63) is 35.5 Å². The molecule has 24 heavy (non-hydrogen) atoms. The van der Waals surface area contributed by atoms with Gasteiger partial charge in [-0.1, -0.05) is 12.1 Å². The number of H-pyrrole nitrogens is 1. The lowest BCUT2D eigenvalue weighted by Crippen LogP contribution is -2.49. The Labute approximate surface area is 139 Å². The predicted molar refractivity (Wildman–Crippen MR) is 89.8 cm³/mol. The van der Waals surface area contributed by atoms with Crippen LogP contribution in [0, 0.1) is 5.92 Å². The standard InChI is InChI=1S/C18H20N4O2/c23-16-9-22(18(24)21-16)8-10-4-13-12-2-1-3-14-17(12)11(7-20-14)5-15(13)19-6-10/h1-3,7,10,13,15,19-20H,4-6,8-9H2,(H,21,23,24)/t10-,13-,15-/m1/s1. The Bertz CT molecular complexity index is 843. The van der Waals surface area contributed by atoms with Crippen LogP contribution in [0.1, 0.15) is 23.5 Å². The number of hydrogen-bond donors (Lipinski definition) is 3. The average molecular weight is 324 g/mol. The highest BCUT2D eigenvalue weighted by Crippen LogP contribution is 2.41. The number of rotatable bonds is 2. The van der Waals surface area contributed by atoms with Gasteiger partial charge in [0.25, 0.3) is 0 Å². The Morgan fingerprint density at radius 1 is 1.25 bits per heavy atom. The summed E-state index contributed by atoms with van der Waals surface area (Å²) in [7, 11) is 0. The Hall–Kier alpha value is -2.34. The van der Waals surface area contributed by atoms with Crippen LogP contribution in [0.3, 0.4) is 0 Å². The highest BCUT2D eigenvalue weighted by Gasteiger charge is 2.38. The second-order valence-electron chi connectivity index (χ2n) is 7.24. The van der Waals surface area contributed by atoms with Gasteiger partial charge in [0.05, 0.1) is 0 Å². The SMILES string of the molecule is O=C1CN(C[C@H]2CN[C@@H]3Cc4c[nH]c5cccc(c45)[C@H]3C2)C(=O)N1. The van der Waals surface area contributed by atoms with Gasteiger partial charge in [0, 0.05) is 35.6 Å². The highest BCUT2D eigenvalue weighted by atomic mass is 16.2. The van der Waals surface area contributed by atoms with Crippen LogP contribution in [0.5, 0.6) is 0 Å². The van der Waals surface area contributed by atoms with Crippen molar-refractivity contribution in [1.82, 2.24) is 20.5 Å². The molecule has 2 aromatic rings. The first-order valence-corrected chi connectivity index (χ1v) is 8.60. The maximum absolute atomic E-state index is 11.8. The summed E-state index contributed by atoms with van der Waals surface area (Å²) < 4.78 is 0. The number of carbonyl (C=O) groups excluding carboxylic acids is 2. The molecule has 3 atom stereocenters. The van der Waals surface area contributed by atoms with Gasteiger partial charge in [0.2, 0.25) is 5.91 Å². The number of urea groups is 1. The summed E-state index contributed by atoms with van der Waals surface area (Å²) in [5, 5.41) is 7.43. The molecule has 2 aliphatic heterocycles. The van der Waals surface area contributed by atoms with Crippen LogP contribution in [0.15, 0.2) is 24.4 Å². The number of nitrogens with zero attached hydrogens (tertiary/aromatic N) is 1. The van der Waals surface area contributed by atoms with Crippen molar-refractivity contribution in [1.29, 1.82) is 0 Å². The Morgan fingerprint density at radius 3 is 3.00 bits per heavy atom. The monoisotopic (exact) mass is 324 g/mol. The molecule has 1 aromatic carbocycles. The minimum atomic E-state index is -0.249. The summed E-state index contributed by atoms with van der Waals surface area (Å²) in [4.78, 5) is 28.2. The largest absolute Gasteiger partial charge is 0.361 e. The zero-order chi connectivity index (χ0) is 16.3. The van der Waals surface area contributed by atoms with Gasteiger partial charge in [0.15, 0.2) is 0 Å². The van der Waals surface area contributed by atoms with Gasteiger partial charge in [-0.15, -0.1) is 0 Å². The number of fused-ring (bicyclic) bond motifs is 2. The van der Waals surface area contributed by atoms with Crippen LogP contribution in [-0.4, -0.2) is 47.5 Å². The zero-order valence-corrected chi connectivity index (χ0v) is 13.3. The summed E-state index contributed by atoms with van der Waals surface area (Å²) in [6.07, 6.45) is 4.24. The van der Waals surface area contributed by atoms with E-state index in [0.717, 1.165) is 19.4 Å². The zero-order valence-electron chi connectivity index (χ0n) is 13.3. The van der Waals surface area contributed by atoms with E-state index in [1.807, 2.05) is 0 Å². The molecule has 6 nitrogen and oxygen atoms in total. The minimum absolute atomic E-state index is 0.193. The lowest BCUT2D eigenvalue weighted by Gasteiger charge is -2.41. The number of imide groups is 1. The number of benzene rings is 1. The van der Waals surface area contributed by atoms with Crippen LogP contribution in [0.4, 0.5) is 4.79 Å². The number of amides is 3. The van der Waals surface area contributed by atoms with Crippen molar-refractivity contribution >= 4 is 22.8 Å². The lowest BCUT2D eigenvalue weighted by molar-refractivity contribution is -0.118. The van der Waals surface area contributed by atoms with E-state index in [2.05, 4.69) is 40.0 Å². The Kier molecular flexibility index (Phi) is 2.97. The number of nitrogens with one attached hydrogen (secondary N) is 3. The topological polar surface area (TPSA) is 77.2 Å². The van der Waals surface area contributed by atoms with Crippen LogP contribution in [0.25, 0.3) is 10.9 Å². The number of hydrogen-bond acceptors (Lipinski definition) is 3. The maximum atomic E-state index is 11.8. The van der Waals surface area contributed by atoms with E-state index in [0.29, 0.717) is 24.4 Å².